The molecule has 130 valence electrons. The van der Waals surface area contributed by atoms with Crippen molar-refractivity contribution in [3.8, 4) is 0 Å². The Morgan fingerprint density at radius 1 is 1.12 bits per heavy atom. The van der Waals surface area contributed by atoms with Crippen LogP contribution in [0.3, 0.4) is 0 Å². The van der Waals surface area contributed by atoms with Gasteiger partial charge in [-0.05, 0) is 11.6 Å². The molecule has 4 rings (SSSR count). The van der Waals surface area contributed by atoms with Crippen LogP contribution in [0, 0.1) is 11.6 Å². The second-order valence-corrected chi connectivity index (χ2v) is 6.03. The lowest BCUT2D eigenvalue weighted by molar-refractivity contribution is 0.122. The van der Waals surface area contributed by atoms with E-state index in [0.717, 1.165) is 16.5 Å². The molecule has 5 nitrogen and oxygen atoms in total. The number of hydrogen-bond acceptors (Lipinski definition) is 4. The largest absolute Gasteiger partial charge is 0.379 e. The van der Waals surface area contributed by atoms with Gasteiger partial charge in [0.05, 0.1) is 36.3 Å². The molecule has 0 saturated carbocycles. The molecule has 0 bridgehead atoms. The van der Waals surface area contributed by atoms with Gasteiger partial charge in [0, 0.05) is 37.2 Å². The van der Waals surface area contributed by atoms with Crippen molar-refractivity contribution >= 4 is 22.3 Å². The minimum absolute atomic E-state index is 0.497. The zero-order valence-corrected chi connectivity index (χ0v) is 13.6. The number of anilines is 2. The molecule has 0 radical (unpaired) electrons. The summed E-state index contributed by atoms with van der Waals surface area (Å²) in [5.74, 6) is -1.70. The molecule has 0 amide bonds. The van der Waals surface area contributed by atoms with Gasteiger partial charge in [-0.1, -0.05) is 12.1 Å². The molecule has 0 aliphatic carbocycles. The van der Waals surface area contributed by atoms with E-state index >= 15 is 0 Å². The van der Waals surface area contributed by atoms with Gasteiger partial charge < -0.3 is 15.0 Å². The van der Waals surface area contributed by atoms with Gasteiger partial charge in [0.25, 0.3) is 0 Å². The van der Waals surface area contributed by atoms with Crippen molar-refractivity contribution in [1.29, 1.82) is 0 Å². The molecule has 1 fully saturated rings. The average Bonchev–Trinajstić information content (AvgIpc) is 3.11. The molecule has 2 aromatic carbocycles. The van der Waals surface area contributed by atoms with Crippen molar-refractivity contribution < 1.29 is 13.5 Å². The van der Waals surface area contributed by atoms with E-state index < -0.39 is 11.6 Å². The predicted octanol–water partition coefficient (Wildman–Crippen LogP) is 3.29. The van der Waals surface area contributed by atoms with E-state index in [0.29, 0.717) is 44.2 Å². The van der Waals surface area contributed by atoms with Crippen LogP contribution in [0.15, 0.2) is 36.5 Å². The summed E-state index contributed by atoms with van der Waals surface area (Å²) in [6.45, 7) is 2.96. The maximum absolute atomic E-state index is 13.7. The van der Waals surface area contributed by atoms with Crippen LogP contribution in [0.2, 0.25) is 0 Å². The van der Waals surface area contributed by atoms with Gasteiger partial charge in [0.1, 0.15) is 0 Å². The van der Waals surface area contributed by atoms with Crippen LogP contribution in [0.1, 0.15) is 5.56 Å². The third kappa shape index (κ3) is 3.28. The van der Waals surface area contributed by atoms with E-state index in [1.54, 1.807) is 6.20 Å². The monoisotopic (exact) mass is 344 g/mol. The first-order valence-corrected chi connectivity index (χ1v) is 8.18. The molecule has 1 aliphatic rings. The third-order valence-corrected chi connectivity index (χ3v) is 4.38. The van der Waals surface area contributed by atoms with Crippen LogP contribution in [-0.4, -0.2) is 36.5 Å². The van der Waals surface area contributed by atoms with E-state index in [1.807, 2.05) is 23.1 Å². The number of nitrogens with zero attached hydrogens (tertiary/aromatic N) is 2. The number of fused-ring (bicyclic) bond motifs is 1. The fraction of sp³-hybridized carbons (Fsp3) is 0.278. The normalized spacial score (nSPS) is 14.9. The molecule has 2 N–H and O–H groups in total. The Morgan fingerprint density at radius 3 is 2.76 bits per heavy atom. The Bertz CT molecular complexity index is 890. The fourth-order valence-corrected chi connectivity index (χ4v) is 3.04. The number of benzene rings is 2. The molecule has 1 aliphatic heterocycles. The second kappa shape index (κ2) is 6.68. The molecule has 2 heterocycles. The summed E-state index contributed by atoms with van der Waals surface area (Å²) in [5, 5.41) is 11.2. The lowest BCUT2D eigenvalue weighted by Crippen LogP contribution is -2.36. The number of nitrogens with one attached hydrogen (secondary N) is 2. The molecule has 1 saturated heterocycles. The number of halogens is 2. The van der Waals surface area contributed by atoms with Crippen molar-refractivity contribution in [3.63, 3.8) is 0 Å². The van der Waals surface area contributed by atoms with Gasteiger partial charge in [-0.2, -0.15) is 5.10 Å². The summed E-state index contributed by atoms with van der Waals surface area (Å²) in [5.41, 5.74) is 3.20. The van der Waals surface area contributed by atoms with Crippen molar-refractivity contribution in [2.24, 2.45) is 0 Å². The first-order valence-electron chi connectivity index (χ1n) is 8.18. The highest BCUT2D eigenvalue weighted by Gasteiger charge is 2.18. The molecule has 0 unspecified atom stereocenters. The number of rotatable bonds is 4. The van der Waals surface area contributed by atoms with Gasteiger partial charge in [-0.3, -0.25) is 5.10 Å². The summed E-state index contributed by atoms with van der Waals surface area (Å²) in [6, 6.07) is 8.42. The Kier molecular flexibility index (Phi) is 4.23. The third-order valence-electron chi connectivity index (χ3n) is 4.38. The maximum atomic E-state index is 13.7. The van der Waals surface area contributed by atoms with E-state index in [2.05, 4.69) is 15.5 Å². The fourth-order valence-electron chi connectivity index (χ4n) is 3.04. The Morgan fingerprint density at radius 2 is 1.92 bits per heavy atom. The number of morpholine rings is 1. The summed E-state index contributed by atoms with van der Waals surface area (Å²) in [6.07, 6.45) is 1.76. The minimum Gasteiger partial charge on any atom is -0.379 e. The molecular weight excluding hydrogens is 326 g/mol. The van der Waals surface area contributed by atoms with Crippen LogP contribution >= 0.6 is 0 Å². The van der Waals surface area contributed by atoms with Crippen LogP contribution in [0.4, 0.5) is 20.2 Å². The summed E-state index contributed by atoms with van der Waals surface area (Å²) in [4.78, 5) is 2.01. The predicted molar refractivity (Wildman–Crippen MR) is 92.8 cm³/mol. The summed E-state index contributed by atoms with van der Waals surface area (Å²) >= 11 is 0. The highest BCUT2D eigenvalue weighted by Crippen LogP contribution is 2.30. The molecule has 1 aromatic heterocycles. The molecule has 7 heteroatoms. The Labute approximate surface area is 143 Å². The molecule has 3 aromatic rings. The van der Waals surface area contributed by atoms with Crippen molar-refractivity contribution in [1.82, 2.24) is 10.2 Å². The zero-order chi connectivity index (χ0) is 17.2. The zero-order valence-electron chi connectivity index (χ0n) is 13.6. The average molecular weight is 344 g/mol. The molecule has 25 heavy (non-hydrogen) atoms. The Hall–Kier alpha value is -2.67. The standard InChI is InChI=1S/C18H18F2N4O/c19-14-8-17(18(9-15(14)20)24-3-5-25-6-4-24)21-10-12-1-2-13-11-22-23-16(13)7-12/h1-2,7-9,11,21H,3-6,10H2,(H,22,23). The van der Waals surface area contributed by atoms with Crippen molar-refractivity contribution in [3.05, 3.63) is 53.7 Å². The maximum Gasteiger partial charge on any atom is 0.161 e. The summed E-state index contributed by atoms with van der Waals surface area (Å²) in [7, 11) is 0. The highest BCUT2D eigenvalue weighted by atomic mass is 19.2. The smallest absolute Gasteiger partial charge is 0.161 e. The molecule has 0 atom stereocenters. The number of hydrogen-bond donors (Lipinski definition) is 2. The van der Waals surface area contributed by atoms with Gasteiger partial charge in [0.15, 0.2) is 11.6 Å². The van der Waals surface area contributed by atoms with Crippen LogP contribution in [0.25, 0.3) is 10.9 Å². The van der Waals surface area contributed by atoms with E-state index in [-0.39, 0.29) is 0 Å². The van der Waals surface area contributed by atoms with Crippen molar-refractivity contribution in [2.45, 2.75) is 6.54 Å². The van der Waals surface area contributed by atoms with Crippen LogP contribution in [-0.2, 0) is 11.3 Å². The van der Waals surface area contributed by atoms with E-state index in [4.69, 9.17) is 4.74 Å². The van der Waals surface area contributed by atoms with Crippen molar-refractivity contribution in [2.75, 3.05) is 36.5 Å². The van der Waals surface area contributed by atoms with Crippen LogP contribution < -0.4 is 10.2 Å². The number of aromatic amines is 1. The number of ether oxygens (including phenoxy) is 1. The van der Waals surface area contributed by atoms with Gasteiger partial charge >= 0.3 is 0 Å². The minimum atomic E-state index is -0.858. The van der Waals surface area contributed by atoms with Crippen LogP contribution in [0.5, 0.6) is 0 Å². The first-order chi connectivity index (χ1) is 12.2. The second-order valence-electron chi connectivity index (χ2n) is 6.03. The molecule has 0 spiro atoms. The van der Waals surface area contributed by atoms with E-state index in [1.165, 1.54) is 12.1 Å². The SMILES string of the molecule is Fc1cc(NCc2ccc3cn[nH]c3c2)c(N2CCOCC2)cc1F. The van der Waals surface area contributed by atoms with Gasteiger partial charge in [-0.25, -0.2) is 8.78 Å². The highest BCUT2D eigenvalue weighted by molar-refractivity contribution is 5.78. The molecular formula is C18H18F2N4O. The number of aromatic nitrogens is 2. The number of H-pyrrole nitrogens is 1. The quantitative estimate of drug-likeness (QED) is 0.763. The lowest BCUT2D eigenvalue weighted by Gasteiger charge is -2.30. The van der Waals surface area contributed by atoms with E-state index in [9.17, 15) is 8.78 Å². The first kappa shape index (κ1) is 15.8. The topological polar surface area (TPSA) is 53.2 Å². The summed E-state index contributed by atoms with van der Waals surface area (Å²) < 4.78 is 32.8. The lowest BCUT2D eigenvalue weighted by atomic mass is 10.1. The van der Waals surface area contributed by atoms with Gasteiger partial charge in [0.2, 0.25) is 0 Å². The van der Waals surface area contributed by atoms with Gasteiger partial charge in [-0.15, -0.1) is 0 Å². The Balaban J connectivity index is 1.58.